The van der Waals surface area contributed by atoms with Crippen molar-refractivity contribution in [3.8, 4) is 0 Å². The van der Waals surface area contributed by atoms with Gasteiger partial charge in [0.25, 0.3) is 0 Å². The lowest BCUT2D eigenvalue weighted by molar-refractivity contribution is 0.524. The average molecular weight is 240 g/mol. The van der Waals surface area contributed by atoms with Crippen LogP contribution in [0.25, 0.3) is 0 Å². The van der Waals surface area contributed by atoms with E-state index in [0.717, 1.165) is 5.56 Å². The first-order valence-electron chi connectivity index (χ1n) is 4.84. The van der Waals surface area contributed by atoms with Gasteiger partial charge in [-0.2, -0.15) is 5.10 Å². The number of rotatable bonds is 3. The zero-order valence-electron chi connectivity index (χ0n) is 8.48. The molecule has 3 nitrogen and oxygen atoms in total. The maximum absolute atomic E-state index is 13.0. The SMILES string of the molecule is NC(Cn1cc(Cl)cn1)c1cccc(F)c1. The lowest BCUT2D eigenvalue weighted by atomic mass is 10.1. The minimum Gasteiger partial charge on any atom is -0.322 e. The molecule has 5 heteroatoms. The highest BCUT2D eigenvalue weighted by atomic mass is 35.5. The Morgan fingerprint density at radius 3 is 2.94 bits per heavy atom. The van der Waals surface area contributed by atoms with E-state index in [0.29, 0.717) is 11.6 Å². The average Bonchev–Trinajstić information content (AvgIpc) is 2.64. The van der Waals surface area contributed by atoms with Gasteiger partial charge in [0.1, 0.15) is 5.82 Å². The summed E-state index contributed by atoms with van der Waals surface area (Å²) in [5.74, 6) is -0.286. The summed E-state index contributed by atoms with van der Waals surface area (Å²) in [7, 11) is 0. The van der Waals surface area contributed by atoms with Crippen LogP contribution in [-0.4, -0.2) is 9.78 Å². The Morgan fingerprint density at radius 2 is 2.31 bits per heavy atom. The highest BCUT2D eigenvalue weighted by Crippen LogP contribution is 2.14. The van der Waals surface area contributed by atoms with Crippen molar-refractivity contribution in [3.05, 3.63) is 53.1 Å². The van der Waals surface area contributed by atoms with Gasteiger partial charge in [0, 0.05) is 12.2 Å². The summed E-state index contributed by atoms with van der Waals surface area (Å²) in [6.45, 7) is 0.468. The van der Waals surface area contributed by atoms with Crippen molar-refractivity contribution in [1.29, 1.82) is 0 Å². The van der Waals surface area contributed by atoms with E-state index in [1.54, 1.807) is 29.2 Å². The van der Waals surface area contributed by atoms with Crippen molar-refractivity contribution in [2.75, 3.05) is 0 Å². The third-order valence-corrected chi connectivity index (χ3v) is 2.46. The summed E-state index contributed by atoms with van der Waals surface area (Å²) in [6.07, 6.45) is 3.22. The minimum absolute atomic E-state index is 0.286. The Bertz CT molecular complexity index is 484. The molecule has 1 atom stereocenters. The van der Waals surface area contributed by atoms with Gasteiger partial charge in [0.2, 0.25) is 0 Å². The first-order chi connectivity index (χ1) is 7.65. The lowest BCUT2D eigenvalue weighted by Gasteiger charge is -2.11. The number of benzene rings is 1. The van der Waals surface area contributed by atoms with Gasteiger partial charge < -0.3 is 5.73 Å². The van der Waals surface area contributed by atoms with E-state index in [2.05, 4.69) is 5.10 Å². The Kier molecular flexibility index (Phi) is 3.22. The number of hydrogen-bond donors (Lipinski definition) is 1. The molecule has 0 spiro atoms. The van der Waals surface area contributed by atoms with Crippen LogP contribution in [0.4, 0.5) is 4.39 Å². The molecule has 0 radical (unpaired) electrons. The number of halogens is 2. The van der Waals surface area contributed by atoms with Crippen LogP contribution in [0.1, 0.15) is 11.6 Å². The predicted molar refractivity (Wildman–Crippen MR) is 60.6 cm³/mol. The van der Waals surface area contributed by atoms with Crippen LogP contribution in [0.5, 0.6) is 0 Å². The first kappa shape index (κ1) is 11.1. The molecular formula is C11H11ClFN3. The molecule has 0 fully saturated rings. The fourth-order valence-corrected chi connectivity index (χ4v) is 1.64. The molecule has 0 aliphatic carbocycles. The van der Waals surface area contributed by atoms with E-state index in [9.17, 15) is 4.39 Å². The van der Waals surface area contributed by atoms with Gasteiger partial charge in [-0.05, 0) is 17.7 Å². The van der Waals surface area contributed by atoms with Crippen molar-refractivity contribution < 1.29 is 4.39 Å². The molecule has 1 aromatic carbocycles. The Balaban J connectivity index is 2.11. The van der Waals surface area contributed by atoms with Gasteiger partial charge in [-0.1, -0.05) is 23.7 Å². The molecule has 2 aromatic rings. The second kappa shape index (κ2) is 4.63. The summed E-state index contributed by atoms with van der Waals surface area (Å²) < 4.78 is 14.6. The molecule has 1 unspecified atom stereocenters. The molecule has 2 rings (SSSR count). The van der Waals surface area contributed by atoms with E-state index in [1.807, 2.05) is 0 Å². The van der Waals surface area contributed by atoms with Crippen molar-refractivity contribution in [2.24, 2.45) is 5.73 Å². The first-order valence-corrected chi connectivity index (χ1v) is 5.22. The second-order valence-corrected chi connectivity index (χ2v) is 3.98. The topological polar surface area (TPSA) is 43.8 Å². The summed E-state index contributed by atoms with van der Waals surface area (Å²) in [4.78, 5) is 0. The van der Waals surface area contributed by atoms with E-state index in [-0.39, 0.29) is 11.9 Å². The van der Waals surface area contributed by atoms with Crippen molar-refractivity contribution in [3.63, 3.8) is 0 Å². The highest BCUT2D eigenvalue weighted by Gasteiger charge is 2.08. The molecule has 1 heterocycles. The van der Waals surface area contributed by atoms with Crippen LogP contribution in [0.2, 0.25) is 5.02 Å². The highest BCUT2D eigenvalue weighted by molar-refractivity contribution is 6.30. The van der Waals surface area contributed by atoms with Crippen molar-refractivity contribution in [1.82, 2.24) is 9.78 Å². The van der Waals surface area contributed by atoms with Gasteiger partial charge in [-0.25, -0.2) is 4.39 Å². The maximum atomic E-state index is 13.0. The van der Waals surface area contributed by atoms with Crippen LogP contribution >= 0.6 is 11.6 Å². The summed E-state index contributed by atoms with van der Waals surface area (Å²) in [5.41, 5.74) is 6.68. The fourth-order valence-electron chi connectivity index (χ4n) is 1.48. The molecule has 0 saturated heterocycles. The molecule has 0 amide bonds. The van der Waals surface area contributed by atoms with Gasteiger partial charge >= 0.3 is 0 Å². The molecule has 2 N–H and O–H groups in total. The Labute approximate surface area is 97.6 Å². The van der Waals surface area contributed by atoms with Crippen molar-refractivity contribution >= 4 is 11.6 Å². The monoisotopic (exact) mass is 239 g/mol. The molecule has 1 aromatic heterocycles. The molecule has 0 aliphatic heterocycles. The van der Waals surface area contributed by atoms with E-state index in [4.69, 9.17) is 17.3 Å². The summed E-state index contributed by atoms with van der Waals surface area (Å²) >= 11 is 5.73. The Hall–Kier alpha value is -1.39. The third kappa shape index (κ3) is 2.59. The Morgan fingerprint density at radius 1 is 1.50 bits per heavy atom. The number of nitrogens with two attached hydrogens (primary N) is 1. The number of aromatic nitrogens is 2. The molecular weight excluding hydrogens is 229 g/mol. The molecule has 16 heavy (non-hydrogen) atoms. The van der Waals surface area contributed by atoms with Gasteiger partial charge in [-0.3, -0.25) is 4.68 Å². The standard InChI is InChI=1S/C11H11ClFN3/c12-9-5-15-16(6-9)7-11(14)8-2-1-3-10(13)4-8/h1-6,11H,7,14H2. The van der Waals surface area contributed by atoms with Crippen LogP contribution in [0.15, 0.2) is 36.7 Å². The largest absolute Gasteiger partial charge is 0.322 e. The normalized spacial score (nSPS) is 12.7. The van der Waals surface area contributed by atoms with Crippen LogP contribution < -0.4 is 5.73 Å². The number of nitrogens with zero attached hydrogens (tertiary/aromatic N) is 2. The third-order valence-electron chi connectivity index (χ3n) is 2.26. The predicted octanol–water partition coefficient (Wildman–Crippen LogP) is 2.38. The zero-order chi connectivity index (χ0) is 11.5. The maximum Gasteiger partial charge on any atom is 0.123 e. The van der Waals surface area contributed by atoms with E-state index >= 15 is 0 Å². The molecule has 0 bridgehead atoms. The summed E-state index contributed by atoms with van der Waals surface area (Å²) in [6, 6.07) is 5.95. The van der Waals surface area contributed by atoms with Gasteiger partial charge in [0.05, 0.1) is 17.8 Å². The number of hydrogen-bond acceptors (Lipinski definition) is 2. The van der Waals surface area contributed by atoms with Gasteiger partial charge in [0.15, 0.2) is 0 Å². The quantitative estimate of drug-likeness (QED) is 0.894. The fraction of sp³-hybridized carbons (Fsp3) is 0.182. The lowest BCUT2D eigenvalue weighted by Crippen LogP contribution is -2.18. The van der Waals surface area contributed by atoms with E-state index < -0.39 is 0 Å². The van der Waals surface area contributed by atoms with Crippen molar-refractivity contribution in [2.45, 2.75) is 12.6 Å². The zero-order valence-corrected chi connectivity index (χ0v) is 9.23. The minimum atomic E-state index is -0.299. The molecule has 0 saturated carbocycles. The second-order valence-electron chi connectivity index (χ2n) is 3.54. The van der Waals surface area contributed by atoms with Gasteiger partial charge in [-0.15, -0.1) is 0 Å². The molecule has 0 aliphatic rings. The van der Waals surface area contributed by atoms with E-state index in [1.165, 1.54) is 12.1 Å². The van der Waals surface area contributed by atoms with Crippen LogP contribution in [-0.2, 0) is 6.54 Å². The summed E-state index contributed by atoms with van der Waals surface area (Å²) in [5, 5.41) is 4.58. The molecule has 84 valence electrons. The van der Waals surface area contributed by atoms with Crippen LogP contribution in [0.3, 0.4) is 0 Å². The smallest absolute Gasteiger partial charge is 0.123 e. The van der Waals surface area contributed by atoms with Crippen LogP contribution in [0, 0.1) is 5.82 Å².